The van der Waals surface area contributed by atoms with Crippen molar-refractivity contribution < 1.29 is 21.6 Å². The van der Waals surface area contributed by atoms with Gasteiger partial charge in [0.05, 0.1) is 16.8 Å². The number of para-hydroxylation sites is 2. The molecule has 168 valence electrons. The largest absolute Gasteiger partial charge is 0.324 e. The van der Waals surface area contributed by atoms with Crippen LogP contribution in [0.15, 0.2) is 89.8 Å². The quantitative estimate of drug-likeness (QED) is 0.521. The SMILES string of the molecule is C[C@@H](C(=O)Nc1ccc(S(=O)(=O)Nc2ccccc2)cc1)N(c1ccccc1)S(C)(=O)=O. The van der Waals surface area contributed by atoms with Crippen LogP contribution < -0.4 is 14.3 Å². The van der Waals surface area contributed by atoms with Crippen LogP contribution in [0.2, 0.25) is 0 Å². The number of amides is 1. The fourth-order valence-electron chi connectivity index (χ4n) is 3.07. The van der Waals surface area contributed by atoms with Gasteiger partial charge in [-0.1, -0.05) is 36.4 Å². The van der Waals surface area contributed by atoms with Crippen molar-refractivity contribution >= 4 is 43.0 Å². The molecule has 8 nitrogen and oxygen atoms in total. The number of carbonyl (C=O) groups excluding carboxylic acids is 1. The van der Waals surface area contributed by atoms with Gasteiger partial charge in [-0.3, -0.25) is 13.8 Å². The molecule has 0 aliphatic rings. The highest BCUT2D eigenvalue weighted by atomic mass is 32.2. The van der Waals surface area contributed by atoms with Crippen molar-refractivity contribution in [2.45, 2.75) is 17.9 Å². The normalized spacial score (nSPS) is 12.6. The van der Waals surface area contributed by atoms with E-state index in [0.717, 1.165) is 10.6 Å². The minimum Gasteiger partial charge on any atom is -0.324 e. The number of hydrogen-bond donors (Lipinski definition) is 2. The molecule has 1 amide bonds. The van der Waals surface area contributed by atoms with E-state index in [1.54, 1.807) is 60.7 Å². The highest BCUT2D eigenvalue weighted by Crippen LogP contribution is 2.22. The van der Waals surface area contributed by atoms with Crippen LogP contribution in [0.25, 0.3) is 0 Å². The van der Waals surface area contributed by atoms with Gasteiger partial charge in [0.2, 0.25) is 15.9 Å². The first-order valence-corrected chi connectivity index (χ1v) is 12.9. The lowest BCUT2D eigenvalue weighted by Gasteiger charge is -2.28. The molecule has 0 aromatic heterocycles. The molecule has 3 aromatic rings. The zero-order valence-corrected chi connectivity index (χ0v) is 19.1. The maximum absolute atomic E-state index is 12.7. The first-order valence-electron chi connectivity index (χ1n) is 9.61. The average molecular weight is 474 g/mol. The Morgan fingerprint density at radius 3 is 1.84 bits per heavy atom. The van der Waals surface area contributed by atoms with E-state index in [1.165, 1.54) is 31.2 Å². The summed E-state index contributed by atoms with van der Waals surface area (Å²) < 4.78 is 53.2. The van der Waals surface area contributed by atoms with Crippen molar-refractivity contribution in [3.63, 3.8) is 0 Å². The molecule has 0 aliphatic heterocycles. The summed E-state index contributed by atoms with van der Waals surface area (Å²) in [5.41, 5.74) is 1.13. The predicted molar refractivity (Wildman–Crippen MR) is 126 cm³/mol. The van der Waals surface area contributed by atoms with Crippen molar-refractivity contribution in [1.29, 1.82) is 0 Å². The highest BCUT2D eigenvalue weighted by Gasteiger charge is 2.29. The molecule has 32 heavy (non-hydrogen) atoms. The Hall–Kier alpha value is -3.37. The van der Waals surface area contributed by atoms with Gasteiger partial charge < -0.3 is 5.32 Å². The molecule has 10 heteroatoms. The summed E-state index contributed by atoms with van der Waals surface area (Å²) in [6.45, 7) is 1.48. The van der Waals surface area contributed by atoms with Gasteiger partial charge in [-0.05, 0) is 55.5 Å². The standard InChI is InChI=1S/C22H23N3O5S2/c1-17(25(31(2,27)28)20-11-7-4-8-12-20)22(26)23-18-13-15-21(16-14-18)32(29,30)24-19-9-5-3-6-10-19/h3-17,24H,1-2H3,(H,23,26)/t17-/m0/s1. The Kier molecular flexibility index (Phi) is 6.85. The lowest BCUT2D eigenvalue weighted by Crippen LogP contribution is -2.45. The van der Waals surface area contributed by atoms with Gasteiger partial charge in [0.1, 0.15) is 6.04 Å². The Labute approximate surface area is 188 Å². The fraction of sp³-hybridized carbons (Fsp3) is 0.136. The molecule has 3 rings (SSSR count). The summed E-state index contributed by atoms with van der Waals surface area (Å²) in [4.78, 5) is 12.8. The van der Waals surface area contributed by atoms with Gasteiger partial charge in [0.15, 0.2) is 0 Å². The number of rotatable bonds is 8. The van der Waals surface area contributed by atoms with Crippen molar-refractivity contribution in [2.75, 3.05) is 20.6 Å². The summed E-state index contributed by atoms with van der Waals surface area (Å²) >= 11 is 0. The van der Waals surface area contributed by atoms with Crippen LogP contribution in [0.3, 0.4) is 0 Å². The van der Waals surface area contributed by atoms with Crippen molar-refractivity contribution in [3.05, 3.63) is 84.9 Å². The molecule has 0 saturated heterocycles. The van der Waals surface area contributed by atoms with E-state index in [2.05, 4.69) is 10.0 Å². The molecule has 0 fully saturated rings. The van der Waals surface area contributed by atoms with E-state index >= 15 is 0 Å². The van der Waals surface area contributed by atoms with Crippen molar-refractivity contribution in [1.82, 2.24) is 0 Å². The minimum absolute atomic E-state index is 0.0226. The van der Waals surface area contributed by atoms with E-state index in [-0.39, 0.29) is 4.90 Å². The monoisotopic (exact) mass is 473 g/mol. The zero-order chi connectivity index (χ0) is 23.4. The van der Waals surface area contributed by atoms with Crippen LogP contribution >= 0.6 is 0 Å². The summed E-state index contributed by atoms with van der Waals surface area (Å²) in [6.07, 6.45) is 1.03. The van der Waals surface area contributed by atoms with Crippen LogP contribution in [0.1, 0.15) is 6.92 Å². The van der Waals surface area contributed by atoms with Crippen LogP contribution in [0, 0.1) is 0 Å². The molecule has 3 aromatic carbocycles. The first kappa shape index (κ1) is 23.3. The maximum Gasteiger partial charge on any atom is 0.261 e. The maximum atomic E-state index is 12.7. The van der Waals surface area contributed by atoms with E-state index < -0.39 is 32.0 Å². The average Bonchev–Trinajstić information content (AvgIpc) is 2.74. The molecule has 0 unspecified atom stereocenters. The molecular formula is C22H23N3O5S2. The third-order valence-corrected chi connectivity index (χ3v) is 7.20. The minimum atomic E-state index is -3.79. The Morgan fingerprint density at radius 1 is 0.781 bits per heavy atom. The number of nitrogens with zero attached hydrogens (tertiary/aromatic N) is 1. The molecule has 0 aliphatic carbocycles. The Balaban J connectivity index is 1.75. The van der Waals surface area contributed by atoms with Crippen molar-refractivity contribution in [2.24, 2.45) is 0 Å². The molecular weight excluding hydrogens is 450 g/mol. The number of benzene rings is 3. The van der Waals surface area contributed by atoms with Gasteiger partial charge in [0.25, 0.3) is 10.0 Å². The van der Waals surface area contributed by atoms with E-state index in [0.29, 0.717) is 17.1 Å². The molecule has 0 radical (unpaired) electrons. The van der Waals surface area contributed by atoms with Crippen molar-refractivity contribution in [3.8, 4) is 0 Å². The topological polar surface area (TPSA) is 113 Å². The summed E-state index contributed by atoms with van der Waals surface area (Å²) in [6, 6.07) is 21.4. The molecule has 1 atom stereocenters. The molecule has 0 spiro atoms. The van der Waals surface area contributed by atoms with Gasteiger partial charge in [0, 0.05) is 11.4 Å². The molecule has 0 heterocycles. The predicted octanol–water partition coefficient (Wildman–Crippen LogP) is 3.28. The highest BCUT2D eigenvalue weighted by molar-refractivity contribution is 7.92. The second-order valence-corrected chi connectivity index (χ2v) is 10.6. The molecule has 0 bridgehead atoms. The molecule has 2 N–H and O–H groups in total. The van der Waals surface area contributed by atoms with Gasteiger partial charge in [-0.25, -0.2) is 16.8 Å². The number of carbonyl (C=O) groups is 1. The number of sulfonamides is 2. The number of anilines is 3. The second-order valence-electron chi connectivity index (χ2n) is 7.06. The Morgan fingerprint density at radius 2 is 1.31 bits per heavy atom. The number of nitrogens with one attached hydrogen (secondary N) is 2. The third-order valence-electron chi connectivity index (χ3n) is 4.56. The summed E-state index contributed by atoms with van der Waals surface area (Å²) in [5.74, 6) is -0.558. The van der Waals surface area contributed by atoms with Crippen LogP contribution in [-0.4, -0.2) is 35.0 Å². The van der Waals surface area contributed by atoms with Crippen LogP contribution in [0.4, 0.5) is 17.1 Å². The Bertz CT molecular complexity index is 1280. The molecule has 0 saturated carbocycles. The summed E-state index contributed by atoms with van der Waals surface area (Å²) in [5, 5.41) is 2.63. The van der Waals surface area contributed by atoms with E-state index in [1.807, 2.05) is 0 Å². The van der Waals surface area contributed by atoms with Gasteiger partial charge >= 0.3 is 0 Å². The third kappa shape index (κ3) is 5.65. The number of hydrogen-bond acceptors (Lipinski definition) is 5. The van der Waals surface area contributed by atoms with Gasteiger partial charge in [-0.15, -0.1) is 0 Å². The smallest absolute Gasteiger partial charge is 0.261 e. The van der Waals surface area contributed by atoms with Crippen LogP contribution in [0.5, 0.6) is 0 Å². The second kappa shape index (κ2) is 9.41. The van der Waals surface area contributed by atoms with Crippen LogP contribution in [-0.2, 0) is 24.8 Å². The lowest BCUT2D eigenvalue weighted by atomic mass is 10.2. The first-order chi connectivity index (χ1) is 15.1. The zero-order valence-electron chi connectivity index (χ0n) is 17.5. The summed E-state index contributed by atoms with van der Waals surface area (Å²) in [7, 11) is -7.52. The van der Waals surface area contributed by atoms with E-state index in [9.17, 15) is 21.6 Å². The van der Waals surface area contributed by atoms with Gasteiger partial charge in [-0.2, -0.15) is 0 Å². The lowest BCUT2D eigenvalue weighted by molar-refractivity contribution is -0.116. The fourth-order valence-corrected chi connectivity index (χ4v) is 5.30. The van der Waals surface area contributed by atoms with E-state index in [4.69, 9.17) is 0 Å².